The molecule has 0 heterocycles. The average Bonchev–Trinajstić information content (AvgIpc) is 2.20. The van der Waals surface area contributed by atoms with Gasteiger partial charge in [0.1, 0.15) is 0 Å². The van der Waals surface area contributed by atoms with Crippen LogP contribution < -0.4 is 10.6 Å². The van der Waals surface area contributed by atoms with Crippen molar-refractivity contribution in [2.75, 3.05) is 44.4 Å². The first kappa shape index (κ1) is 14.5. The van der Waals surface area contributed by atoms with Gasteiger partial charge in [0.25, 0.3) is 0 Å². The van der Waals surface area contributed by atoms with Crippen molar-refractivity contribution in [3.05, 3.63) is 0 Å². The Morgan fingerprint density at radius 3 is 2.80 bits per heavy atom. The molecule has 0 fully saturated rings. The van der Waals surface area contributed by atoms with Gasteiger partial charge in [0.05, 0.1) is 6.61 Å². The van der Waals surface area contributed by atoms with Crippen LogP contribution in [-0.4, -0.2) is 55.6 Å². The third-order valence-corrected chi connectivity index (χ3v) is 2.53. The highest BCUT2D eigenvalue weighted by Gasteiger charge is 1.93. The normalized spacial score (nSPS) is 10.2. The highest BCUT2D eigenvalue weighted by molar-refractivity contribution is 7.99. The SMILES string of the molecule is CCOCCSCCNCCNC(=O)O. The van der Waals surface area contributed by atoms with Crippen LogP contribution in [0.1, 0.15) is 6.92 Å². The average molecular weight is 236 g/mol. The van der Waals surface area contributed by atoms with Crippen molar-refractivity contribution in [3.63, 3.8) is 0 Å². The van der Waals surface area contributed by atoms with Gasteiger partial charge in [-0.2, -0.15) is 11.8 Å². The standard InChI is InChI=1S/C9H20N2O3S/c1-2-14-6-8-15-7-5-10-3-4-11-9(12)13/h10-11H,2-8H2,1H3,(H,12,13). The first-order valence-corrected chi connectivity index (χ1v) is 6.25. The first-order valence-electron chi connectivity index (χ1n) is 5.10. The molecule has 0 saturated heterocycles. The van der Waals surface area contributed by atoms with Gasteiger partial charge in [-0.1, -0.05) is 0 Å². The zero-order valence-electron chi connectivity index (χ0n) is 9.12. The van der Waals surface area contributed by atoms with Gasteiger partial charge in [0.15, 0.2) is 0 Å². The van der Waals surface area contributed by atoms with Crippen LogP contribution in [0.25, 0.3) is 0 Å². The van der Waals surface area contributed by atoms with Gasteiger partial charge in [-0.05, 0) is 6.92 Å². The quantitative estimate of drug-likeness (QED) is 0.485. The maximum Gasteiger partial charge on any atom is 0.404 e. The Morgan fingerprint density at radius 2 is 2.13 bits per heavy atom. The molecular formula is C9H20N2O3S. The Labute approximate surface area is 95.0 Å². The van der Waals surface area contributed by atoms with Crippen molar-refractivity contribution in [2.24, 2.45) is 0 Å². The molecule has 0 radical (unpaired) electrons. The molecule has 3 N–H and O–H groups in total. The van der Waals surface area contributed by atoms with Crippen LogP contribution in [0.4, 0.5) is 4.79 Å². The molecule has 5 nitrogen and oxygen atoms in total. The van der Waals surface area contributed by atoms with E-state index >= 15 is 0 Å². The molecule has 1 amide bonds. The molecule has 0 bridgehead atoms. The van der Waals surface area contributed by atoms with E-state index < -0.39 is 6.09 Å². The summed E-state index contributed by atoms with van der Waals surface area (Å²) >= 11 is 1.83. The van der Waals surface area contributed by atoms with Gasteiger partial charge >= 0.3 is 6.09 Å². The van der Waals surface area contributed by atoms with Crippen molar-refractivity contribution in [2.45, 2.75) is 6.92 Å². The second kappa shape index (κ2) is 11.6. The number of nitrogens with one attached hydrogen (secondary N) is 2. The molecule has 0 aromatic heterocycles. The van der Waals surface area contributed by atoms with Crippen LogP contribution in [0.15, 0.2) is 0 Å². The smallest absolute Gasteiger partial charge is 0.404 e. The highest BCUT2D eigenvalue weighted by Crippen LogP contribution is 1.97. The lowest BCUT2D eigenvalue weighted by molar-refractivity contribution is 0.164. The molecule has 0 aromatic carbocycles. The summed E-state index contributed by atoms with van der Waals surface area (Å²) in [6.07, 6.45) is -0.970. The molecule has 0 aliphatic rings. The van der Waals surface area contributed by atoms with Crippen molar-refractivity contribution in [1.82, 2.24) is 10.6 Å². The third kappa shape index (κ3) is 13.5. The number of carboxylic acid groups (broad SMARTS) is 1. The van der Waals surface area contributed by atoms with Crippen LogP contribution in [0, 0.1) is 0 Å². The maximum atomic E-state index is 10.1. The summed E-state index contributed by atoms with van der Waals surface area (Å²) in [5.41, 5.74) is 0. The Morgan fingerprint density at radius 1 is 1.33 bits per heavy atom. The van der Waals surface area contributed by atoms with E-state index in [0.717, 1.165) is 31.3 Å². The van der Waals surface area contributed by atoms with Crippen LogP contribution in [0.5, 0.6) is 0 Å². The largest absolute Gasteiger partial charge is 0.465 e. The van der Waals surface area contributed by atoms with E-state index in [1.165, 1.54) is 0 Å². The zero-order chi connectivity index (χ0) is 11.4. The molecule has 0 atom stereocenters. The maximum absolute atomic E-state index is 10.1. The van der Waals surface area contributed by atoms with Crippen molar-refractivity contribution in [3.8, 4) is 0 Å². The van der Waals surface area contributed by atoms with Gasteiger partial charge in [-0.3, -0.25) is 0 Å². The monoisotopic (exact) mass is 236 g/mol. The zero-order valence-corrected chi connectivity index (χ0v) is 9.94. The lowest BCUT2D eigenvalue weighted by atomic mass is 10.6. The van der Waals surface area contributed by atoms with Gasteiger partial charge < -0.3 is 20.5 Å². The number of hydrogen-bond acceptors (Lipinski definition) is 4. The van der Waals surface area contributed by atoms with E-state index in [4.69, 9.17) is 9.84 Å². The molecular weight excluding hydrogens is 216 g/mol. The Kier molecular flexibility index (Phi) is 11.3. The van der Waals surface area contributed by atoms with Crippen LogP contribution >= 0.6 is 11.8 Å². The lowest BCUT2D eigenvalue weighted by Crippen LogP contribution is -2.31. The van der Waals surface area contributed by atoms with E-state index in [1.54, 1.807) is 0 Å². The van der Waals surface area contributed by atoms with E-state index in [0.29, 0.717) is 13.1 Å². The second-order valence-corrected chi connectivity index (χ2v) is 4.02. The van der Waals surface area contributed by atoms with Crippen molar-refractivity contribution < 1.29 is 14.6 Å². The summed E-state index contributed by atoms with van der Waals surface area (Å²) in [5, 5.41) is 13.7. The number of hydrogen-bond donors (Lipinski definition) is 3. The number of amides is 1. The summed E-state index contributed by atoms with van der Waals surface area (Å²) < 4.78 is 5.19. The predicted octanol–water partition coefficient (Wildman–Crippen LogP) is 0.613. The third-order valence-electron chi connectivity index (χ3n) is 1.58. The molecule has 15 heavy (non-hydrogen) atoms. The van der Waals surface area contributed by atoms with Gasteiger partial charge in [0.2, 0.25) is 0 Å². The molecule has 0 spiro atoms. The highest BCUT2D eigenvalue weighted by atomic mass is 32.2. The number of ether oxygens (including phenoxy) is 1. The van der Waals surface area contributed by atoms with E-state index in [-0.39, 0.29) is 0 Å². The van der Waals surface area contributed by atoms with Crippen molar-refractivity contribution in [1.29, 1.82) is 0 Å². The molecule has 0 aromatic rings. The van der Waals surface area contributed by atoms with Crippen molar-refractivity contribution >= 4 is 17.9 Å². The molecule has 90 valence electrons. The minimum absolute atomic E-state index is 0.457. The minimum Gasteiger partial charge on any atom is -0.465 e. The second-order valence-electron chi connectivity index (χ2n) is 2.79. The van der Waals surface area contributed by atoms with E-state index in [1.807, 2.05) is 18.7 Å². The number of thioether (sulfide) groups is 1. The van der Waals surface area contributed by atoms with Crippen LogP contribution in [0.3, 0.4) is 0 Å². The fourth-order valence-electron chi connectivity index (χ4n) is 0.891. The number of rotatable bonds is 10. The van der Waals surface area contributed by atoms with Gasteiger partial charge in [-0.15, -0.1) is 0 Å². The van der Waals surface area contributed by atoms with E-state index in [2.05, 4.69) is 10.6 Å². The molecule has 0 rings (SSSR count). The number of carbonyl (C=O) groups is 1. The van der Waals surface area contributed by atoms with Crippen LogP contribution in [-0.2, 0) is 4.74 Å². The summed E-state index contributed by atoms with van der Waals surface area (Å²) in [5.74, 6) is 2.04. The first-order chi connectivity index (χ1) is 7.27. The molecule has 0 saturated carbocycles. The molecule has 0 unspecified atom stereocenters. The fraction of sp³-hybridized carbons (Fsp3) is 0.889. The fourth-order valence-corrected chi connectivity index (χ4v) is 1.62. The molecule has 6 heteroatoms. The minimum atomic E-state index is -0.970. The summed E-state index contributed by atoms with van der Waals surface area (Å²) in [6.45, 7) is 5.61. The Hall–Kier alpha value is -0.460. The lowest BCUT2D eigenvalue weighted by Gasteiger charge is -2.04. The predicted molar refractivity (Wildman–Crippen MR) is 62.7 cm³/mol. The van der Waals surface area contributed by atoms with Gasteiger partial charge in [-0.25, -0.2) is 4.79 Å². The van der Waals surface area contributed by atoms with Crippen LogP contribution in [0.2, 0.25) is 0 Å². The summed E-state index contributed by atoms with van der Waals surface area (Å²) in [6, 6.07) is 0. The Bertz CT molecular complexity index is 158. The van der Waals surface area contributed by atoms with Gasteiger partial charge in [0, 0.05) is 37.7 Å². The molecule has 0 aliphatic heterocycles. The summed E-state index contributed by atoms with van der Waals surface area (Å²) in [7, 11) is 0. The Balaban J connectivity index is 2.89. The summed E-state index contributed by atoms with van der Waals surface area (Å²) in [4.78, 5) is 10.1. The topological polar surface area (TPSA) is 70.6 Å². The van der Waals surface area contributed by atoms with E-state index in [9.17, 15) is 4.79 Å². The molecule has 0 aliphatic carbocycles.